The normalized spacial score (nSPS) is 12.8. The minimum absolute atomic E-state index is 0.135. The van der Waals surface area contributed by atoms with Crippen molar-refractivity contribution in [2.45, 2.75) is 64.8 Å². The molecule has 2 unspecified atom stereocenters. The first-order valence-corrected chi connectivity index (χ1v) is 10.7. The summed E-state index contributed by atoms with van der Waals surface area (Å²) < 4.78 is 0. The quantitative estimate of drug-likeness (QED) is 0.455. The van der Waals surface area contributed by atoms with Crippen LogP contribution in [0.2, 0.25) is 0 Å². The molecule has 3 N–H and O–H groups in total. The number of amides is 2. The zero-order valence-corrected chi connectivity index (χ0v) is 18.6. The van der Waals surface area contributed by atoms with Crippen LogP contribution in [0.5, 0.6) is 0 Å². The van der Waals surface area contributed by atoms with Gasteiger partial charge in [-0.2, -0.15) is 0 Å². The maximum Gasteiger partial charge on any atom is 0.326 e. The molecule has 6 heteroatoms. The van der Waals surface area contributed by atoms with Crippen LogP contribution in [0.15, 0.2) is 42.5 Å². The Bertz CT molecular complexity index is 906. The molecule has 2 amide bonds. The summed E-state index contributed by atoms with van der Waals surface area (Å²) in [5.74, 6) is -1.11. The van der Waals surface area contributed by atoms with Crippen molar-refractivity contribution in [1.29, 1.82) is 0 Å². The first kappa shape index (κ1) is 24.1. The van der Waals surface area contributed by atoms with Crippen molar-refractivity contribution in [3.63, 3.8) is 0 Å². The number of carboxylic acids is 1. The van der Waals surface area contributed by atoms with Crippen molar-refractivity contribution in [3.05, 3.63) is 64.7 Å². The average molecular weight is 425 g/mol. The summed E-state index contributed by atoms with van der Waals surface area (Å²) in [5.41, 5.74) is 3.84. The average Bonchev–Trinajstić information content (AvgIpc) is 2.74. The number of carbonyl (C=O) groups excluding carboxylic acids is 2. The van der Waals surface area contributed by atoms with Crippen LogP contribution in [0.25, 0.3) is 0 Å². The molecule has 31 heavy (non-hydrogen) atoms. The Balaban J connectivity index is 2.31. The predicted molar refractivity (Wildman–Crippen MR) is 123 cm³/mol. The molecule has 0 saturated carbocycles. The largest absolute Gasteiger partial charge is 0.480 e. The molecule has 2 rings (SSSR count). The molecule has 2 aromatic rings. The van der Waals surface area contributed by atoms with Crippen LogP contribution in [0.1, 0.15) is 79.4 Å². The van der Waals surface area contributed by atoms with Crippen LogP contribution in [0.3, 0.4) is 0 Å². The molecule has 0 saturated heterocycles. The highest BCUT2D eigenvalue weighted by atomic mass is 16.4. The molecule has 0 bridgehead atoms. The summed E-state index contributed by atoms with van der Waals surface area (Å²) >= 11 is 0. The van der Waals surface area contributed by atoms with Crippen LogP contribution < -0.4 is 10.6 Å². The second-order valence-electron chi connectivity index (χ2n) is 8.18. The van der Waals surface area contributed by atoms with Crippen LogP contribution in [-0.4, -0.2) is 29.4 Å². The summed E-state index contributed by atoms with van der Waals surface area (Å²) in [5, 5.41) is 15.0. The van der Waals surface area contributed by atoms with Crippen molar-refractivity contribution in [2.75, 3.05) is 5.32 Å². The Labute approximate surface area is 184 Å². The highest BCUT2D eigenvalue weighted by molar-refractivity contribution is 5.99. The molecule has 6 nitrogen and oxygen atoms in total. The molecule has 0 aromatic heterocycles. The lowest BCUT2D eigenvalue weighted by molar-refractivity contribution is -0.139. The second-order valence-corrected chi connectivity index (χ2v) is 8.18. The van der Waals surface area contributed by atoms with Gasteiger partial charge in [-0.05, 0) is 47.1 Å². The standard InChI is InChI=1S/C25H32N2O4/c1-5-7-17(4)21-9-6-8-20(16(2)3)23(21)24(29)27-22(25(30)31)14-18-10-12-19(13-11-18)26-15-28/h6,8-13,15-17,22H,5,7,14H2,1-4H3,(H,26,28)(H,27,29)(H,30,31). The zero-order valence-electron chi connectivity index (χ0n) is 18.6. The fourth-order valence-corrected chi connectivity index (χ4v) is 3.80. The van der Waals surface area contributed by atoms with Gasteiger partial charge in [-0.1, -0.05) is 64.4 Å². The predicted octanol–water partition coefficient (Wildman–Crippen LogP) is 4.71. The second kappa shape index (κ2) is 11.3. The van der Waals surface area contributed by atoms with E-state index in [1.54, 1.807) is 24.3 Å². The molecule has 2 aromatic carbocycles. The number of nitrogens with one attached hydrogen (secondary N) is 2. The minimum Gasteiger partial charge on any atom is -0.480 e. The molecule has 2 atom stereocenters. The van der Waals surface area contributed by atoms with Gasteiger partial charge in [0.2, 0.25) is 6.41 Å². The van der Waals surface area contributed by atoms with Gasteiger partial charge in [-0.15, -0.1) is 0 Å². The maximum atomic E-state index is 13.3. The Kier molecular flexibility index (Phi) is 8.79. The van der Waals surface area contributed by atoms with E-state index in [9.17, 15) is 19.5 Å². The topological polar surface area (TPSA) is 95.5 Å². The minimum atomic E-state index is -1.09. The molecule has 0 heterocycles. The van der Waals surface area contributed by atoms with Gasteiger partial charge < -0.3 is 15.7 Å². The highest BCUT2D eigenvalue weighted by Gasteiger charge is 2.26. The summed E-state index contributed by atoms with van der Waals surface area (Å²) in [6.07, 6.45) is 2.68. The monoisotopic (exact) mass is 424 g/mol. The molecular formula is C25H32N2O4. The van der Waals surface area contributed by atoms with Gasteiger partial charge in [0.1, 0.15) is 6.04 Å². The first-order valence-electron chi connectivity index (χ1n) is 10.7. The number of carbonyl (C=O) groups is 3. The van der Waals surface area contributed by atoms with E-state index in [0.29, 0.717) is 17.7 Å². The molecule has 0 fully saturated rings. The third-order valence-corrected chi connectivity index (χ3v) is 5.45. The van der Waals surface area contributed by atoms with Crippen molar-refractivity contribution < 1.29 is 19.5 Å². The van der Waals surface area contributed by atoms with E-state index in [0.717, 1.165) is 29.5 Å². The fraction of sp³-hybridized carbons (Fsp3) is 0.400. The van der Waals surface area contributed by atoms with Gasteiger partial charge in [0, 0.05) is 17.7 Å². The molecule has 0 radical (unpaired) electrons. The van der Waals surface area contributed by atoms with Crippen LogP contribution >= 0.6 is 0 Å². The summed E-state index contributed by atoms with van der Waals surface area (Å²) in [6, 6.07) is 11.7. The van der Waals surface area contributed by atoms with E-state index in [2.05, 4.69) is 24.5 Å². The highest BCUT2D eigenvalue weighted by Crippen LogP contribution is 2.30. The lowest BCUT2D eigenvalue weighted by Crippen LogP contribution is -2.43. The lowest BCUT2D eigenvalue weighted by atomic mass is 9.85. The maximum absolute atomic E-state index is 13.3. The number of rotatable bonds is 11. The van der Waals surface area contributed by atoms with Crippen molar-refractivity contribution in [1.82, 2.24) is 5.32 Å². The van der Waals surface area contributed by atoms with Crippen molar-refractivity contribution >= 4 is 24.0 Å². The zero-order chi connectivity index (χ0) is 23.0. The number of anilines is 1. The SMILES string of the molecule is CCCC(C)c1cccc(C(C)C)c1C(=O)NC(Cc1ccc(NC=O)cc1)C(=O)O. The Hall–Kier alpha value is -3.15. The number of carboxylic acid groups (broad SMARTS) is 1. The number of aliphatic carboxylic acids is 1. The Morgan fingerprint density at radius 3 is 2.23 bits per heavy atom. The molecule has 166 valence electrons. The summed E-state index contributed by atoms with van der Waals surface area (Å²) in [4.78, 5) is 35.8. The van der Waals surface area contributed by atoms with E-state index in [1.807, 2.05) is 32.0 Å². The van der Waals surface area contributed by atoms with Crippen molar-refractivity contribution in [3.8, 4) is 0 Å². The van der Waals surface area contributed by atoms with Crippen LogP contribution in [0.4, 0.5) is 5.69 Å². The van der Waals surface area contributed by atoms with Crippen LogP contribution in [-0.2, 0) is 16.0 Å². The van der Waals surface area contributed by atoms with E-state index in [-0.39, 0.29) is 24.2 Å². The van der Waals surface area contributed by atoms with Gasteiger partial charge in [-0.25, -0.2) is 4.79 Å². The summed E-state index contributed by atoms with van der Waals surface area (Å²) in [7, 11) is 0. The van der Waals surface area contributed by atoms with E-state index in [4.69, 9.17) is 0 Å². The van der Waals surface area contributed by atoms with E-state index in [1.165, 1.54) is 0 Å². The molecule has 0 aliphatic carbocycles. The lowest BCUT2D eigenvalue weighted by Gasteiger charge is -2.22. The van der Waals surface area contributed by atoms with E-state index >= 15 is 0 Å². The first-order chi connectivity index (χ1) is 14.8. The smallest absolute Gasteiger partial charge is 0.326 e. The van der Waals surface area contributed by atoms with Crippen molar-refractivity contribution in [2.24, 2.45) is 0 Å². The number of hydrogen-bond acceptors (Lipinski definition) is 3. The number of benzene rings is 2. The van der Waals surface area contributed by atoms with Gasteiger partial charge in [0.25, 0.3) is 5.91 Å². The molecule has 0 aliphatic rings. The third kappa shape index (κ3) is 6.41. The molecule has 0 spiro atoms. The van der Waals surface area contributed by atoms with Gasteiger partial charge >= 0.3 is 5.97 Å². The third-order valence-electron chi connectivity index (χ3n) is 5.45. The number of hydrogen-bond donors (Lipinski definition) is 3. The Morgan fingerprint density at radius 1 is 1.03 bits per heavy atom. The molecule has 0 aliphatic heterocycles. The molecular weight excluding hydrogens is 392 g/mol. The Morgan fingerprint density at radius 2 is 1.68 bits per heavy atom. The van der Waals surface area contributed by atoms with Gasteiger partial charge in [0.05, 0.1) is 0 Å². The fourth-order valence-electron chi connectivity index (χ4n) is 3.80. The van der Waals surface area contributed by atoms with Gasteiger partial charge in [0.15, 0.2) is 0 Å². The van der Waals surface area contributed by atoms with Crippen LogP contribution in [0, 0.1) is 0 Å². The van der Waals surface area contributed by atoms with E-state index < -0.39 is 12.0 Å². The summed E-state index contributed by atoms with van der Waals surface area (Å²) in [6.45, 7) is 8.27. The van der Waals surface area contributed by atoms with Gasteiger partial charge in [-0.3, -0.25) is 9.59 Å².